The van der Waals surface area contributed by atoms with Gasteiger partial charge in [0.2, 0.25) is 0 Å². The first-order valence-corrected chi connectivity index (χ1v) is 16.8. The fourth-order valence-electron chi connectivity index (χ4n) is 5.85. The number of para-hydroxylation sites is 1. The zero-order valence-electron chi connectivity index (χ0n) is 24.4. The van der Waals surface area contributed by atoms with Crippen molar-refractivity contribution in [2.75, 3.05) is 0 Å². The molecule has 3 aromatic carbocycles. The number of hydrogen-bond acceptors (Lipinski definition) is 1. The normalized spacial score (nSPS) is 13.6. The highest BCUT2D eigenvalue weighted by Crippen LogP contribution is 2.41. The third-order valence-corrected chi connectivity index (χ3v) is 14.7. The Bertz CT molecular complexity index is 1260. The van der Waals surface area contributed by atoms with Crippen molar-refractivity contribution in [3.63, 3.8) is 0 Å². The van der Waals surface area contributed by atoms with Gasteiger partial charge in [-0.25, -0.2) is 0 Å². The van der Waals surface area contributed by atoms with Crippen molar-refractivity contribution in [1.82, 2.24) is 0 Å². The molecule has 0 aromatic heterocycles. The molecule has 4 rings (SSSR count). The molecule has 0 N–H and O–H groups in total. The lowest BCUT2D eigenvalue weighted by molar-refractivity contribution is 0.435. The zero-order chi connectivity index (χ0) is 26.8. The van der Waals surface area contributed by atoms with Gasteiger partial charge < -0.3 is 4.74 Å². The van der Waals surface area contributed by atoms with Crippen LogP contribution in [0.2, 0.25) is 12.1 Å². The number of fused-ring (bicyclic) bond motifs is 1. The molecule has 0 heterocycles. The van der Waals surface area contributed by atoms with E-state index in [2.05, 4.69) is 128 Å². The van der Waals surface area contributed by atoms with Gasteiger partial charge in [0, 0.05) is 5.56 Å². The number of rotatable bonds is 10. The summed E-state index contributed by atoms with van der Waals surface area (Å²) in [7, 11) is -2.17. The average molecular weight is 511 g/mol. The highest BCUT2D eigenvalue weighted by molar-refractivity contribution is 7.03. The first kappa shape index (κ1) is 27.5. The maximum absolute atomic E-state index is 7.00. The van der Waals surface area contributed by atoms with Crippen LogP contribution in [-0.4, -0.2) is 8.07 Å². The molecule has 0 aliphatic heterocycles. The number of allylic oxidation sites excluding steroid dienone is 1. The van der Waals surface area contributed by atoms with Gasteiger partial charge >= 0.3 is 0 Å². The zero-order valence-corrected chi connectivity index (χ0v) is 25.4. The Kier molecular flexibility index (Phi) is 7.90. The summed E-state index contributed by atoms with van der Waals surface area (Å²) >= 11 is 0. The van der Waals surface area contributed by atoms with Crippen LogP contribution in [0.25, 0.3) is 6.08 Å². The Hall–Kier alpha value is -2.58. The van der Waals surface area contributed by atoms with E-state index in [1.807, 2.05) is 0 Å². The lowest BCUT2D eigenvalue weighted by Gasteiger charge is -2.38. The van der Waals surface area contributed by atoms with E-state index in [0.717, 1.165) is 42.8 Å². The third-order valence-electron chi connectivity index (χ3n) is 9.39. The molecule has 0 saturated carbocycles. The second-order valence-corrected chi connectivity index (χ2v) is 16.7. The van der Waals surface area contributed by atoms with E-state index in [9.17, 15) is 0 Å². The minimum atomic E-state index is -2.17. The largest absolute Gasteiger partial charge is 0.457 e. The van der Waals surface area contributed by atoms with Gasteiger partial charge in [-0.2, -0.15) is 0 Å². The van der Waals surface area contributed by atoms with Gasteiger partial charge in [0.05, 0.1) is 0 Å². The summed E-state index contributed by atoms with van der Waals surface area (Å²) in [5.41, 5.74) is 5.84. The van der Waals surface area contributed by atoms with Crippen LogP contribution in [0.4, 0.5) is 0 Å². The van der Waals surface area contributed by atoms with Gasteiger partial charge in [-0.1, -0.05) is 128 Å². The predicted octanol–water partition coefficient (Wildman–Crippen LogP) is 9.03. The molecule has 0 unspecified atom stereocenters. The molecule has 2 heteroatoms. The van der Waals surface area contributed by atoms with Gasteiger partial charge in [-0.05, 0) is 69.3 Å². The quantitative estimate of drug-likeness (QED) is 0.247. The Morgan fingerprint density at radius 2 is 1.43 bits per heavy atom. The first-order valence-electron chi connectivity index (χ1n) is 14.3. The van der Waals surface area contributed by atoms with E-state index < -0.39 is 8.07 Å². The second kappa shape index (κ2) is 10.7. The van der Waals surface area contributed by atoms with Gasteiger partial charge in [-0.3, -0.25) is 0 Å². The topological polar surface area (TPSA) is 9.23 Å². The summed E-state index contributed by atoms with van der Waals surface area (Å²) in [6, 6.07) is 24.8. The van der Waals surface area contributed by atoms with E-state index in [1.165, 1.54) is 27.4 Å². The van der Waals surface area contributed by atoms with E-state index in [0.29, 0.717) is 0 Å². The summed E-state index contributed by atoms with van der Waals surface area (Å²) < 4.78 is 7.00. The standard InChI is InChI=1S/C35H46OSi/c1-9-34(5,6)27-24-30(35(7,8)10-2)33(36-28-20-14-13-15-21-28)32(25-27)37(11-3,12-4)31-23-17-19-26-18-16-22-29(26)31/h13-17,19-25H,9-12,18H2,1-8H3. The van der Waals surface area contributed by atoms with Gasteiger partial charge in [0.25, 0.3) is 0 Å². The molecule has 0 spiro atoms. The molecule has 1 nitrogen and oxygen atoms in total. The summed E-state index contributed by atoms with van der Waals surface area (Å²) in [5.74, 6) is 2.04. The number of hydrogen-bond donors (Lipinski definition) is 0. The monoisotopic (exact) mass is 510 g/mol. The Balaban J connectivity index is 2.13. The lowest BCUT2D eigenvalue weighted by atomic mass is 9.76. The van der Waals surface area contributed by atoms with Crippen LogP contribution in [0.3, 0.4) is 0 Å². The number of benzene rings is 3. The molecular formula is C35H46OSi. The van der Waals surface area contributed by atoms with Crippen LogP contribution in [0, 0.1) is 0 Å². The van der Waals surface area contributed by atoms with Crippen LogP contribution in [0.1, 0.15) is 90.5 Å². The molecule has 37 heavy (non-hydrogen) atoms. The predicted molar refractivity (Wildman–Crippen MR) is 165 cm³/mol. The molecule has 0 fully saturated rings. The molecule has 1 aliphatic carbocycles. The molecule has 196 valence electrons. The maximum atomic E-state index is 7.00. The minimum absolute atomic E-state index is 0.00113. The smallest absolute Gasteiger partial charge is 0.130 e. The van der Waals surface area contributed by atoms with Crippen molar-refractivity contribution in [3.8, 4) is 11.5 Å². The maximum Gasteiger partial charge on any atom is 0.130 e. The van der Waals surface area contributed by atoms with Gasteiger partial charge in [0.1, 0.15) is 19.6 Å². The number of ether oxygens (including phenoxy) is 1. The molecule has 0 bridgehead atoms. The van der Waals surface area contributed by atoms with Crippen molar-refractivity contribution in [1.29, 1.82) is 0 Å². The first-order chi connectivity index (χ1) is 17.6. The van der Waals surface area contributed by atoms with Gasteiger partial charge in [0.15, 0.2) is 0 Å². The van der Waals surface area contributed by atoms with E-state index in [1.54, 1.807) is 5.19 Å². The molecule has 0 amide bonds. The van der Waals surface area contributed by atoms with E-state index in [-0.39, 0.29) is 10.8 Å². The summed E-state index contributed by atoms with van der Waals surface area (Å²) in [4.78, 5) is 0. The molecule has 0 radical (unpaired) electrons. The molecule has 0 saturated heterocycles. The highest BCUT2D eigenvalue weighted by atomic mass is 28.3. The van der Waals surface area contributed by atoms with Crippen LogP contribution in [-0.2, 0) is 17.3 Å². The molecule has 0 atom stereocenters. The average Bonchev–Trinajstić information content (AvgIpc) is 3.40. The van der Waals surface area contributed by atoms with Crippen molar-refractivity contribution >= 4 is 24.5 Å². The minimum Gasteiger partial charge on any atom is -0.457 e. The van der Waals surface area contributed by atoms with Crippen molar-refractivity contribution in [3.05, 3.63) is 89.0 Å². The van der Waals surface area contributed by atoms with Crippen LogP contribution >= 0.6 is 0 Å². The fourth-order valence-corrected chi connectivity index (χ4v) is 10.4. The summed E-state index contributed by atoms with van der Waals surface area (Å²) in [5, 5.41) is 3.05. The van der Waals surface area contributed by atoms with Crippen LogP contribution < -0.4 is 15.1 Å². The Morgan fingerprint density at radius 3 is 2.05 bits per heavy atom. The molecular weight excluding hydrogens is 464 g/mol. The van der Waals surface area contributed by atoms with E-state index in [4.69, 9.17) is 4.74 Å². The third kappa shape index (κ3) is 4.98. The van der Waals surface area contributed by atoms with Gasteiger partial charge in [-0.15, -0.1) is 0 Å². The van der Waals surface area contributed by atoms with Crippen LogP contribution in [0.15, 0.2) is 66.7 Å². The van der Waals surface area contributed by atoms with Crippen molar-refractivity contribution in [2.24, 2.45) is 0 Å². The molecule has 1 aliphatic rings. The van der Waals surface area contributed by atoms with Crippen LogP contribution in [0.5, 0.6) is 11.5 Å². The SMILES string of the molecule is CCC(C)(C)c1cc(C(C)(C)CC)c(Oc2ccccc2)c([Si](CC)(CC)c2cccc3c2C=CC3)c1. The second-order valence-electron chi connectivity index (χ2n) is 12.1. The lowest BCUT2D eigenvalue weighted by Crippen LogP contribution is -2.59. The summed E-state index contributed by atoms with van der Waals surface area (Å²) in [6.45, 7) is 19.0. The Morgan fingerprint density at radius 1 is 0.757 bits per heavy atom. The van der Waals surface area contributed by atoms with Crippen molar-refractivity contribution in [2.45, 2.75) is 97.6 Å². The van der Waals surface area contributed by atoms with E-state index >= 15 is 0 Å². The van der Waals surface area contributed by atoms with Crippen molar-refractivity contribution < 1.29 is 4.74 Å². The summed E-state index contributed by atoms with van der Waals surface area (Å²) in [6.07, 6.45) is 7.93. The highest BCUT2D eigenvalue weighted by Gasteiger charge is 2.42. The Labute approximate surface area is 227 Å². The fraction of sp³-hybridized carbons (Fsp3) is 0.429. The molecule has 3 aromatic rings.